The van der Waals surface area contributed by atoms with Crippen LogP contribution in [-0.2, 0) is 6.54 Å². The van der Waals surface area contributed by atoms with E-state index in [9.17, 15) is 4.39 Å². The summed E-state index contributed by atoms with van der Waals surface area (Å²) in [5.74, 6) is 0.296. The minimum atomic E-state index is -0.290. The van der Waals surface area contributed by atoms with Gasteiger partial charge in [0.2, 0.25) is 0 Å². The Bertz CT molecular complexity index is 479. The van der Waals surface area contributed by atoms with Crippen LogP contribution in [0.1, 0.15) is 11.5 Å². The smallest absolute Gasteiger partial charge is 0.191 e. The van der Waals surface area contributed by atoms with Crippen LogP contribution in [-0.4, -0.2) is 4.98 Å². The van der Waals surface area contributed by atoms with Crippen molar-refractivity contribution in [2.75, 3.05) is 0 Å². The number of nitrogens with two attached hydrogens (primary N) is 1. The number of aromatic nitrogens is 1. The molecule has 0 aliphatic carbocycles. The summed E-state index contributed by atoms with van der Waals surface area (Å²) in [5, 5.41) is 0. The molecule has 1 aromatic carbocycles. The summed E-state index contributed by atoms with van der Waals surface area (Å²) in [6.45, 7) is 1.94. The molecule has 78 valence electrons. The normalized spacial score (nSPS) is 10.6. The van der Waals surface area contributed by atoms with Gasteiger partial charge in [-0.1, -0.05) is 0 Å². The van der Waals surface area contributed by atoms with E-state index in [4.69, 9.17) is 10.2 Å². The van der Waals surface area contributed by atoms with E-state index in [0.29, 0.717) is 17.1 Å². The molecule has 2 aromatic rings. The van der Waals surface area contributed by atoms with E-state index < -0.39 is 0 Å². The fraction of sp³-hybridized carbons (Fsp3) is 0.182. The lowest BCUT2D eigenvalue weighted by molar-refractivity contribution is 0.521. The van der Waals surface area contributed by atoms with Gasteiger partial charge in [0.15, 0.2) is 5.89 Å². The number of oxazole rings is 1. The fourth-order valence-corrected chi connectivity index (χ4v) is 1.39. The number of rotatable bonds is 2. The average Bonchev–Trinajstić information content (AvgIpc) is 2.66. The maximum absolute atomic E-state index is 13.2. The van der Waals surface area contributed by atoms with Crippen LogP contribution in [0.15, 0.2) is 28.9 Å². The first-order chi connectivity index (χ1) is 7.20. The van der Waals surface area contributed by atoms with Gasteiger partial charge in [0, 0.05) is 24.6 Å². The van der Waals surface area contributed by atoms with E-state index in [1.165, 1.54) is 6.07 Å². The van der Waals surface area contributed by atoms with E-state index in [2.05, 4.69) is 4.98 Å². The molecule has 0 atom stereocenters. The summed E-state index contributed by atoms with van der Waals surface area (Å²) in [6, 6.07) is 4.74. The minimum absolute atomic E-state index is 0.177. The predicted octanol–water partition coefficient (Wildman–Crippen LogP) is 2.25. The Morgan fingerprint density at radius 1 is 1.47 bits per heavy atom. The predicted molar refractivity (Wildman–Crippen MR) is 54.5 cm³/mol. The van der Waals surface area contributed by atoms with Crippen molar-refractivity contribution in [3.05, 3.63) is 41.7 Å². The minimum Gasteiger partial charge on any atom is -0.449 e. The van der Waals surface area contributed by atoms with Crippen LogP contribution < -0.4 is 5.73 Å². The lowest BCUT2D eigenvalue weighted by Crippen LogP contribution is -1.99. The van der Waals surface area contributed by atoms with Gasteiger partial charge in [-0.2, -0.15) is 0 Å². The molecule has 2 N–H and O–H groups in total. The number of nitrogens with zero attached hydrogens (tertiary/aromatic N) is 1. The number of aryl methyl sites for hydroxylation is 1. The molecule has 1 heterocycles. The first-order valence-corrected chi connectivity index (χ1v) is 4.61. The van der Waals surface area contributed by atoms with E-state index in [-0.39, 0.29) is 12.4 Å². The molecule has 0 radical (unpaired) electrons. The SMILES string of the molecule is Cc1nc(-c2ccc(F)c(CN)c2)co1. The van der Waals surface area contributed by atoms with Gasteiger partial charge in [-0.05, 0) is 18.2 Å². The Balaban J connectivity index is 2.45. The van der Waals surface area contributed by atoms with Gasteiger partial charge in [0.1, 0.15) is 17.8 Å². The first-order valence-electron chi connectivity index (χ1n) is 4.61. The second-order valence-electron chi connectivity index (χ2n) is 3.26. The lowest BCUT2D eigenvalue weighted by atomic mass is 10.1. The second-order valence-corrected chi connectivity index (χ2v) is 3.26. The zero-order valence-corrected chi connectivity index (χ0v) is 8.33. The summed E-state index contributed by atoms with van der Waals surface area (Å²) in [7, 11) is 0. The van der Waals surface area contributed by atoms with Crippen molar-refractivity contribution in [2.45, 2.75) is 13.5 Å². The van der Waals surface area contributed by atoms with E-state index in [1.54, 1.807) is 25.3 Å². The summed E-state index contributed by atoms with van der Waals surface area (Å²) in [5.41, 5.74) is 7.41. The fourth-order valence-electron chi connectivity index (χ4n) is 1.39. The van der Waals surface area contributed by atoms with Crippen molar-refractivity contribution < 1.29 is 8.81 Å². The van der Waals surface area contributed by atoms with E-state index in [1.807, 2.05) is 0 Å². The van der Waals surface area contributed by atoms with Gasteiger partial charge < -0.3 is 10.2 Å². The standard InChI is InChI=1S/C11H11FN2O/c1-7-14-11(6-15-7)8-2-3-10(12)9(4-8)5-13/h2-4,6H,5,13H2,1H3. The molecule has 0 saturated carbocycles. The second kappa shape index (κ2) is 3.82. The first kappa shape index (κ1) is 9.86. The molecule has 2 rings (SSSR count). The van der Waals surface area contributed by atoms with Crippen LogP contribution in [0.25, 0.3) is 11.3 Å². The molecule has 0 aliphatic rings. The number of halogens is 1. The summed E-state index contributed by atoms with van der Waals surface area (Å²) < 4.78 is 18.3. The Kier molecular flexibility index (Phi) is 2.51. The molecule has 15 heavy (non-hydrogen) atoms. The van der Waals surface area contributed by atoms with Crippen LogP contribution in [0.4, 0.5) is 4.39 Å². The number of hydrogen-bond acceptors (Lipinski definition) is 3. The molecule has 1 aromatic heterocycles. The van der Waals surface area contributed by atoms with Crippen LogP contribution in [0.2, 0.25) is 0 Å². The van der Waals surface area contributed by atoms with Gasteiger partial charge in [-0.25, -0.2) is 9.37 Å². The summed E-state index contributed by atoms with van der Waals surface area (Å²) in [6.07, 6.45) is 1.54. The quantitative estimate of drug-likeness (QED) is 0.819. The average molecular weight is 206 g/mol. The third-order valence-electron chi connectivity index (χ3n) is 2.18. The maximum Gasteiger partial charge on any atom is 0.191 e. The monoisotopic (exact) mass is 206 g/mol. The molecule has 0 unspecified atom stereocenters. The molecular formula is C11H11FN2O. The van der Waals surface area contributed by atoms with Crippen molar-refractivity contribution in [1.82, 2.24) is 4.98 Å². The molecule has 3 nitrogen and oxygen atoms in total. The largest absolute Gasteiger partial charge is 0.449 e. The molecule has 0 fully saturated rings. The molecule has 0 bridgehead atoms. The number of hydrogen-bond donors (Lipinski definition) is 1. The van der Waals surface area contributed by atoms with E-state index >= 15 is 0 Å². The summed E-state index contributed by atoms with van der Waals surface area (Å²) in [4.78, 5) is 4.16. The zero-order valence-electron chi connectivity index (χ0n) is 8.33. The van der Waals surface area contributed by atoms with Crippen LogP contribution in [0.5, 0.6) is 0 Å². The van der Waals surface area contributed by atoms with Gasteiger partial charge in [0.25, 0.3) is 0 Å². The van der Waals surface area contributed by atoms with Crippen LogP contribution in [0, 0.1) is 12.7 Å². The molecule has 0 spiro atoms. The van der Waals surface area contributed by atoms with Crippen molar-refractivity contribution >= 4 is 0 Å². The highest BCUT2D eigenvalue weighted by Crippen LogP contribution is 2.21. The van der Waals surface area contributed by atoms with E-state index in [0.717, 1.165) is 5.56 Å². The van der Waals surface area contributed by atoms with Crippen molar-refractivity contribution in [1.29, 1.82) is 0 Å². The maximum atomic E-state index is 13.2. The van der Waals surface area contributed by atoms with Gasteiger partial charge in [0.05, 0.1) is 0 Å². The summed E-state index contributed by atoms with van der Waals surface area (Å²) >= 11 is 0. The number of benzene rings is 1. The van der Waals surface area contributed by atoms with Gasteiger partial charge >= 0.3 is 0 Å². The Hall–Kier alpha value is -1.68. The Morgan fingerprint density at radius 3 is 2.87 bits per heavy atom. The van der Waals surface area contributed by atoms with Crippen molar-refractivity contribution in [3.8, 4) is 11.3 Å². The molecule has 0 aliphatic heterocycles. The molecule has 4 heteroatoms. The zero-order chi connectivity index (χ0) is 10.8. The van der Waals surface area contributed by atoms with Crippen molar-refractivity contribution in [2.24, 2.45) is 5.73 Å². The van der Waals surface area contributed by atoms with Gasteiger partial charge in [-0.3, -0.25) is 0 Å². The molecule has 0 saturated heterocycles. The topological polar surface area (TPSA) is 52.0 Å². The van der Waals surface area contributed by atoms with Gasteiger partial charge in [-0.15, -0.1) is 0 Å². The van der Waals surface area contributed by atoms with Crippen LogP contribution >= 0.6 is 0 Å². The third kappa shape index (κ3) is 1.89. The highest BCUT2D eigenvalue weighted by Gasteiger charge is 2.06. The molecular weight excluding hydrogens is 195 g/mol. The highest BCUT2D eigenvalue weighted by molar-refractivity contribution is 5.59. The highest BCUT2D eigenvalue weighted by atomic mass is 19.1. The Morgan fingerprint density at radius 2 is 2.27 bits per heavy atom. The lowest BCUT2D eigenvalue weighted by Gasteiger charge is -2.01. The molecule has 0 amide bonds. The van der Waals surface area contributed by atoms with Crippen molar-refractivity contribution in [3.63, 3.8) is 0 Å². The van der Waals surface area contributed by atoms with Crippen LogP contribution in [0.3, 0.4) is 0 Å². The Labute approximate surface area is 86.7 Å². The third-order valence-corrected chi connectivity index (χ3v) is 2.18.